The molecule has 100 valence electrons. The molecule has 0 atom stereocenters. The summed E-state index contributed by atoms with van der Waals surface area (Å²) in [5.74, 6) is -0.799. The summed E-state index contributed by atoms with van der Waals surface area (Å²) >= 11 is 7.47. The van der Waals surface area contributed by atoms with Gasteiger partial charge in [0, 0.05) is 27.0 Å². The molecule has 2 rings (SSSR count). The quantitative estimate of drug-likeness (QED) is 0.878. The molecular formula is C14H14ClNO2S. The van der Waals surface area contributed by atoms with Crippen LogP contribution in [0.15, 0.2) is 30.3 Å². The predicted octanol–water partition coefficient (Wildman–Crippen LogP) is 3.95. The van der Waals surface area contributed by atoms with Crippen molar-refractivity contribution in [3.8, 4) is 0 Å². The number of anilines is 1. The number of carboxylic acid groups (broad SMARTS) is 1. The number of hydrogen-bond acceptors (Lipinski definition) is 3. The molecule has 2 aromatic rings. The minimum Gasteiger partial charge on any atom is -0.481 e. The van der Waals surface area contributed by atoms with Crippen LogP contribution in [0.5, 0.6) is 0 Å². The van der Waals surface area contributed by atoms with Crippen LogP contribution >= 0.6 is 22.9 Å². The van der Waals surface area contributed by atoms with E-state index < -0.39 is 5.97 Å². The molecular weight excluding hydrogens is 282 g/mol. The molecule has 0 aliphatic rings. The van der Waals surface area contributed by atoms with Crippen molar-refractivity contribution >= 4 is 34.6 Å². The molecule has 0 spiro atoms. The van der Waals surface area contributed by atoms with E-state index in [4.69, 9.17) is 16.7 Å². The third-order valence-electron chi connectivity index (χ3n) is 2.70. The number of halogens is 1. The first-order valence-electron chi connectivity index (χ1n) is 5.84. The van der Waals surface area contributed by atoms with Gasteiger partial charge in [-0.3, -0.25) is 4.79 Å². The minimum atomic E-state index is -0.799. The maximum Gasteiger partial charge on any atom is 0.308 e. The van der Waals surface area contributed by atoms with Crippen LogP contribution in [-0.4, -0.2) is 11.1 Å². The standard InChI is InChI=1S/C14H14ClNO2S/c1-9-2-3-10(15)6-13(9)16-8-12-5-4-11(19-12)7-14(17)18/h2-6,16H,7-8H2,1H3,(H,17,18). The Morgan fingerprint density at radius 2 is 2.05 bits per heavy atom. The number of hydrogen-bond donors (Lipinski definition) is 2. The monoisotopic (exact) mass is 295 g/mol. The van der Waals surface area contributed by atoms with Crippen LogP contribution in [0.3, 0.4) is 0 Å². The van der Waals surface area contributed by atoms with Gasteiger partial charge in [0.05, 0.1) is 6.42 Å². The highest BCUT2D eigenvalue weighted by molar-refractivity contribution is 7.12. The third kappa shape index (κ3) is 3.98. The van der Waals surface area contributed by atoms with Gasteiger partial charge in [-0.1, -0.05) is 17.7 Å². The van der Waals surface area contributed by atoms with E-state index in [-0.39, 0.29) is 6.42 Å². The molecule has 19 heavy (non-hydrogen) atoms. The summed E-state index contributed by atoms with van der Waals surface area (Å²) in [7, 11) is 0. The second kappa shape index (κ2) is 6.08. The molecule has 0 aliphatic carbocycles. The highest BCUT2D eigenvalue weighted by atomic mass is 35.5. The maximum atomic E-state index is 10.6. The number of nitrogens with one attached hydrogen (secondary N) is 1. The minimum absolute atomic E-state index is 0.0842. The smallest absolute Gasteiger partial charge is 0.308 e. The zero-order valence-corrected chi connectivity index (χ0v) is 12.0. The lowest BCUT2D eigenvalue weighted by atomic mass is 10.2. The topological polar surface area (TPSA) is 49.3 Å². The van der Waals surface area contributed by atoms with E-state index in [0.29, 0.717) is 11.6 Å². The van der Waals surface area contributed by atoms with E-state index in [1.807, 2.05) is 37.3 Å². The molecule has 0 fully saturated rings. The number of carbonyl (C=O) groups is 1. The zero-order valence-electron chi connectivity index (χ0n) is 10.4. The largest absolute Gasteiger partial charge is 0.481 e. The van der Waals surface area contributed by atoms with E-state index in [9.17, 15) is 4.79 Å². The van der Waals surface area contributed by atoms with E-state index in [1.165, 1.54) is 11.3 Å². The molecule has 0 bridgehead atoms. The van der Waals surface area contributed by atoms with Crippen LogP contribution in [-0.2, 0) is 17.8 Å². The van der Waals surface area contributed by atoms with Crippen LogP contribution in [0.25, 0.3) is 0 Å². The summed E-state index contributed by atoms with van der Waals surface area (Å²) in [6, 6.07) is 9.53. The Labute approximate surface area is 120 Å². The van der Waals surface area contributed by atoms with Crippen LogP contribution in [0, 0.1) is 6.92 Å². The fraction of sp³-hybridized carbons (Fsp3) is 0.214. The molecule has 3 nitrogen and oxygen atoms in total. The van der Waals surface area contributed by atoms with E-state index >= 15 is 0 Å². The predicted molar refractivity (Wildman–Crippen MR) is 79.2 cm³/mol. The van der Waals surface area contributed by atoms with Gasteiger partial charge in [-0.05, 0) is 36.8 Å². The normalized spacial score (nSPS) is 10.4. The highest BCUT2D eigenvalue weighted by Gasteiger charge is 2.05. The first kappa shape index (κ1) is 13.9. The lowest BCUT2D eigenvalue weighted by Gasteiger charge is -2.08. The Bertz CT molecular complexity index is 595. The number of rotatable bonds is 5. The third-order valence-corrected chi connectivity index (χ3v) is 4.02. The Morgan fingerprint density at radius 3 is 2.79 bits per heavy atom. The maximum absolute atomic E-state index is 10.6. The molecule has 1 heterocycles. The van der Waals surface area contributed by atoms with Crippen molar-refractivity contribution in [2.24, 2.45) is 0 Å². The van der Waals surface area contributed by atoms with Crippen LogP contribution < -0.4 is 5.32 Å². The average molecular weight is 296 g/mol. The van der Waals surface area contributed by atoms with Crippen molar-refractivity contribution < 1.29 is 9.90 Å². The molecule has 1 aromatic carbocycles. The highest BCUT2D eigenvalue weighted by Crippen LogP contribution is 2.23. The SMILES string of the molecule is Cc1ccc(Cl)cc1NCc1ccc(CC(=O)O)s1. The fourth-order valence-corrected chi connectivity index (χ4v) is 2.85. The summed E-state index contributed by atoms with van der Waals surface area (Å²) in [5, 5.41) is 12.7. The van der Waals surface area contributed by atoms with Crippen molar-refractivity contribution in [2.75, 3.05) is 5.32 Å². The molecule has 0 saturated heterocycles. The number of aliphatic carboxylic acids is 1. The van der Waals surface area contributed by atoms with Crippen molar-refractivity contribution in [3.63, 3.8) is 0 Å². The molecule has 0 radical (unpaired) electrons. The molecule has 0 unspecified atom stereocenters. The summed E-state index contributed by atoms with van der Waals surface area (Å²) in [4.78, 5) is 12.6. The van der Waals surface area contributed by atoms with Gasteiger partial charge in [0.15, 0.2) is 0 Å². The van der Waals surface area contributed by atoms with Gasteiger partial charge in [-0.2, -0.15) is 0 Å². The molecule has 0 aliphatic heterocycles. The van der Waals surface area contributed by atoms with Crippen molar-refractivity contribution in [3.05, 3.63) is 50.7 Å². The molecule has 5 heteroatoms. The van der Waals surface area contributed by atoms with E-state index in [1.54, 1.807) is 0 Å². The Balaban J connectivity index is 2.00. The van der Waals surface area contributed by atoms with Gasteiger partial charge in [-0.25, -0.2) is 0 Å². The molecule has 0 amide bonds. The Morgan fingerprint density at radius 1 is 1.32 bits per heavy atom. The number of aryl methyl sites for hydroxylation is 1. The van der Waals surface area contributed by atoms with E-state index in [2.05, 4.69) is 5.32 Å². The second-order valence-electron chi connectivity index (χ2n) is 4.25. The van der Waals surface area contributed by atoms with Gasteiger partial charge >= 0.3 is 5.97 Å². The molecule has 1 aromatic heterocycles. The van der Waals surface area contributed by atoms with Crippen LogP contribution in [0.4, 0.5) is 5.69 Å². The van der Waals surface area contributed by atoms with Gasteiger partial charge in [0.25, 0.3) is 0 Å². The summed E-state index contributed by atoms with van der Waals surface area (Å²) < 4.78 is 0. The lowest BCUT2D eigenvalue weighted by molar-refractivity contribution is -0.136. The summed E-state index contributed by atoms with van der Waals surface area (Å²) in [6.07, 6.45) is 0.0842. The van der Waals surface area contributed by atoms with E-state index in [0.717, 1.165) is 21.0 Å². The van der Waals surface area contributed by atoms with Crippen LogP contribution in [0.1, 0.15) is 15.3 Å². The fourth-order valence-electron chi connectivity index (χ4n) is 1.73. The van der Waals surface area contributed by atoms with Gasteiger partial charge in [-0.15, -0.1) is 11.3 Å². The second-order valence-corrected chi connectivity index (χ2v) is 5.94. The molecule has 0 saturated carbocycles. The Hall–Kier alpha value is -1.52. The lowest BCUT2D eigenvalue weighted by Crippen LogP contribution is -1.99. The number of benzene rings is 1. The first-order chi connectivity index (χ1) is 9.04. The number of thiophene rings is 1. The molecule has 2 N–H and O–H groups in total. The summed E-state index contributed by atoms with van der Waals surface area (Å²) in [5.41, 5.74) is 2.13. The van der Waals surface area contributed by atoms with Crippen molar-refractivity contribution in [1.82, 2.24) is 0 Å². The summed E-state index contributed by atoms with van der Waals surface area (Å²) in [6.45, 7) is 2.69. The van der Waals surface area contributed by atoms with Gasteiger partial charge in [0.2, 0.25) is 0 Å². The van der Waals surface area contributed by atoms with Crippen LogP contribution in [0.2, 0.25) is 5.02 Å². The first-order valence-corrected chi connectivity index (χ1v) is 7.03. The zero-order chi connectivity index (χ0) is 13.8. The number of carboxylic acids is 1. The van der Waals surface area contributed by atoms with Crippen molar-refractivity contribution in [2.45, 2.75) is 19.9 Å². The Kier molecular flexibility index (Phi) is 4.45. The van der Waals surface area contributed by atoms with Crippen molar-refractivity contribution in [1.29, 1.82) is 0 Å². The van der Waals surface area contributed by atoms with Gasteiger partial charge in [0.1, 0.15) is 0 Å². The average Bonchev–Trinajstić information content (AvgIpc) is 2.77. The van der Waals surface area contributed by atoms with Gasteiger partial charge < -0.3 is 10.4 Å².